The van der Waals surface area contributed by atoms with Crippen LogP contribution in [0.4, 0.5) is 0 Å². The van der Waals surface area contributed by atoms with E-state index in [-0.39, 0.29) is 18.5 Å². The molecule has 0 aliphatic carbocycles. The number of esters is 1. The number of carbonyl (C=O) groups excluding carboxylic acids is 2. The maximum Gasteiger partial charge on any atom is 0.305 e. The Labute approximate surface area is 412 Å². The van der Waals surface area contributed by atoms with E-state index in [1.165, 1.54) is 263 Å². The molecule has 0 spiro atoms. The van der Waals surface area contributed by atoms with E-state index in [1.807, 2.05) is 0 Å². The van der Waals surface area contributed by atoms with Crippen molar-refractivity contribution in [2.24, 2.45) is 0 Å². The molecule has 0 aliphatic heterocycles. The molecule has 0 bridgehead atoms. The smallest absolute Gasteiger partial charge is 0.305 e. The van der Waals surface area contributed by atoms with E-state index >= 15 is 0 Å². The Hall–Kier alpha value is -1.40. The van der Waals surface area contributed by atoms with Crippen molar-refractivity contribution in [1.29, 1.82) is 0 Å². The standard InChI is InChI=1S/C60H117NO5/c1-3-5-7-9-11-13-14-15-31-34-38-42-46-50-54-60(65)66-55-51-47-43-39-35-32-29-27-25-23-21-19-17-16-18-20-22-24-26-28-30-33-37-41-45-49-53-59(64)61-57(56-62)58(63)52-48-44-40-36-12-10-8-6-4-2/h16,18,57-58,62-63H,3-15,17,19-56H2,1-2H3,(H,61,64)/b18-16-. The van der Waals surface area contributed by atoms with Crippen LogP contribution in [0.1, 0.15) is 335 Å². The molecule has 0 saturated carbocycles. The van der Waals surface area contributed by atoms with Crippen molar-refractivity contribution in [1.82, 2.24) is 5.32 Å². The van der Waals surface area contributed by atoms with Gasteiger partial charge in [0.05, 0.1) is 25.4 Å². The van der Waals surface area contributed by atoms with E-state index in [4.69, 9.17) is 4.74 Å². The highest BCUT2D eigenvalue weighted by Gasteiger charge is 2.20. The maximum absolute atomic E-state index is 12.4. The molecule has 0 saturated heterocycles. The summed E-state index contributed by atoms with van der Waals surface area (Å²) in [5.41, 5.74) is 0. The van der Waals surface area contributed by atoms with Crippen molar-refractivity contribution in [3.05, 3.63) is 12.2 Å². The Kier molecular flexibility index (Phi) is 55.0. The Balaban J connectivity index is 3.34. The van der Waals surface area contributed by atoms with Crippen LogP contribution < -0.4 is 5.32 Å². The van der Waals surface area contributed by atoms with Gasteiger partial charge in [-0.25, -0.2) is 0 Å². The van der Waals surface area contributed by atoms with Crippen molar-refractivity contribution < 1.29 is 24.5 Å². The molecule has 0 aliphatic rings. The summed E-state index contributed by atoms with van der Waals surface area (Å²) >= 11 is 0. The van der Waals surface area contributed by atoms with Crippen LogP contribution in [0.15, 0.2) is 12.2 Å². The predicted molar refractivity (Wildman–Crippen MR) is 287 cm³/mol. The zero-order valence-electron chi connectivity index (χ0n) is 44.7. The molecular formula is C60H117NO5. The molecule has 392 valence electrons. The van der Waals surface area contributed by atoms with E-state index in [0.29, 0.717) is 25.9 Å². The lowest BCUT2D eigenvalue weighted by atomic mass is 10.0. The second-order valence-electron chi connectivity index (χ2n) is 20.7. The molecular weight excluding hydrogens is 815 g/mol. The number of carbonyl (C=O) groups is 2. The number of nitrogens with one attached hydrogen (secondary N) is 1. The minimum atomic E-state index is -0.662. The van der Waals surface area contributed by atoms with Gasteiger partial charge in [0.25, 0.3) is 0 Å². The summed E-state index contributed by atoms with van der Waals surface area (Å²) in [5.74, 6) is -0.0212. The summed E-state index contributed by atoms with van der Waals surface area (Å²) in [6.45, 7) is 4.95. The molecule has 0 aromatic carbocycles. The van der Waals surface area contributed by atoms with Crippen LogP contribution in [0, 0.1) is 0 Å². The second-order valence-corrected chi connectivity index (χ2v) is 20.7. The number of aliphatic hydroxyl groups is 2. The molecule has 0 radical (unpaired) electrons. The largest absolute Gasteiger partial charge is 0.466 e. The number of hydrogen-bond acceptors (Lipinski definition) is 5. The fourth-order valence-electron chi connectivity index (χ4n) is 9.46. The zero-order valence-corrected chi connectivity index (χ0v) is 44.7. The fraction of sp³-hybridized carbons (Fsp3) is 0.933. The first-order valence-electron chi connectivity index (χ1n) is 29.9. The Morgan fingerprint density at radius 2 is 0.712 bits per heavy atom. The summed E-state index contributed by atoms with van der Waals surface area (Å²) in [4.78, 5) is 24.4. The summed E-state index contributed by atoms with van der Waals surface area (Å²) in [6, 6.07) is -0.540. The second kappa shape index (κ2) is 56.2. The van der Waals surface area contributed by atoms with Crippen molar-refractivity contribution in [3.8, 4) is 0 Å². The first kappa shape index (κ1) is 64.6. The third-order valence-electron chi connectivity index (χ3n) is 14.1. The molecule has 0 fully saturated rings. The van der Waals surface area contributed by atoms with Crippen molar-refractivity contribution in [2.75, 3.05) is 13.2 Å². The van der Waals surface area contributed by atoms with Gasteiger partial charge in [-0.2, -0.15) is 0 Å². The highest BCUT2D eigenvalue weighted by molar-refractivity contribution is 5.76. The maximum atomic E-state index is 12.4. The third-order valence-corrected chi connectivity index (χ3v) is 14.1. The number of amides is 1. The first-order valence-corrected chi connectivity index (χ1v) is 29.9. The van der Waals surface area contributed by atoms with Crippen LogP contribution in [-0.2, 0) is 14.3 Å². The molecule has 6 nitrogen and oxygen atoms in total. The molecule has 6 heteroatoms. The molecule has 2 atom stereocenters. The third kappa shape index (κ3) is 52.0. The van der Waals surface area contributed by atoms with Gasteiger partial charge in [-0.3, -0.25) is 9.59 Å². The number of aliphatic hydroxyl groups excluding tert-OH is 2. The molecule has 1 amide bonds. The average Bonchev–Trinajstić information content (AvgIpc) is 3.32. The number of rotatable bonds is 56. The molecule has 66 heavy (non-hydrogen) atoms. The summed E-state index contributed by atoms with van der Waals surface area (Å²) < 4.78 is 5.48. The first-order chi connectivity index (χ1) is 32.5. The normalized spacial score (nSPS) is 12.6. The average molecular weight is 933 g/mol. The predicted octanol–water partition coefficient (Wildman–Crippen LogP) is 18.5. The minimum Gasteiger partial charge on any atom is -0.466 e. The Morgan fingerprint density at radius 1 is 0.409 bits per heavy atom. The zero-order chi connectivity index (χ0) is 47.9. The van der Waals surface area contributed by atoms with Crippen LogP contribution in [-0.4, -0.2) is 47.4 Å². The van der Waals surface area contributed by atoms with Gasteiger partial charge in [0.2, 0.25) is 5.91 Å². The van der Waals surface area contributed by atoms with Gasteiger partial charge in [0, 0.05) is 12.8 Å². The number of allylic oxidation sites excluding steroid dienone is 2. The van der Waals surface area contributed by atoms with Crippen LogP contribution in [0.3, 0.4) is 0 Å². The van der Waals surface area contributed by atoms with Crippen LogP contribution >= 0.6 is 0 Å². The van der Waals surface area contributed by atoms with Gasteiger partial charge < -0.3 is 20.3 Å². The van der Waals surface area contributed by atoms with E-state index < -0.39 is 12.1 Å². The van der Waals surface area contributed by atoms with E-state index in [0.717, 1.165) is 38.5 Å². The Morgan fingerprint density at radius 3 is 1.08 bits per heavy atom. The summed E-state index contributed by atoms with van der Waals surface area (Å²) in [6.07, 6.45) is 66.6. The van der Waals surface area contributed by atoms with E-state index in [1.54, 1.807) is 0 Å². The lowest BCUT2D eigenvalue weighted by Crippen LogP contribution is -2.45. The number of ether oxygens (including phenoxy) is 1. The molecule has 0 aromatic rings. The van der Waals surface area contributed by atoms with Crippen molar-refractivity contribution in [3.63, 3.8) is 0 Å². The fourth-order valence-corrected chi connectivity index (χ4v) is 9.46. The molecule has 0 rings (SSSR count). The van der Waals surface area contributed by atoms with E-state index in [9.17, 15) is 19.8 Å². The lowest BCUT2D eigenvalue weighted by Gasteiger charge is -2.22. The van der Waals surface area contributed by atoms with Crippen LogP contribution in [0.5, 0.6) is 0 Å². The van der Waals surface area contributed by atoms with Gasteiger partial charge in [-0.05, 0) is 51.4 Å². The molecule has 0 aromatic heterocycles. The quantitative estimate of drug-likeness (QED) is 0.0321. The number of unbranched alkanes of at least 4 members (excludes halogenated alkanes) is 43. The van der Waals surface area contributed by atoms with Crippen molar-refractivity contribution in [2.45, 2.75) is 347 Å². The highest BCUT2D eigenvalue weighted by Crippen LogP contribution is 2.17. The number of hydrogen-bond donors (Lipinski definition) is 3. The van der Waals surface area contributed by atoms with Crippen LogP contribution in [0.2, 0.25) is 0 Å². The topological polar surface area (TPSA) is 95.9 Å². The summed E-state index contributed by atoms with van der Waals surface area (Å²) in [5, 5.41) is 23.1. The van der Waals surface area contributed by atoms with Gasteiger partial charge in [-0.1, -0.05) is 283 Å². The molecule has 3 N–H and O–H groups in total. The van der Waals surface area contributed by atoms with Crippen LogP contribution in [0.25, 0.3) is 0 Å². The van der Waals surface area contributed by atoms with Gasteiger partial charge >= 0.3 is 5.97 Å². The van der Waals surface area contributed by atoms with Crippen molar-refractivity contribution >= 4 is 11.9 Å². The summed E-state index contributed by atoms with van der Waals surface area (Å²) in [7, 11) is 0. The van der Waals surface area contributed by atoms with Gasteiger partial charge in [-0.15, -0.1) is 0 Å². The van der Waals surface area contributed by atoms with Gasteiger partial charge in [0.15, 0.2) is 0 Å². The highest BCUT2D eigenvalue weighted by atomic mass is 16.5. The lowest BCUT2D eigenvalue weighted by molar-refractivity contribution is -0.143. The SMILES string of the molecule is CCCCCCCCCCCCCCCCC(=O)OCCCCCCCCCCCCCC/C=C\CCCCCCCCCCCCC(=O)NC(CO)C(O)CCCCCCCCCCC. The Bertz CT molecular complexity index is 986. The monoisotopic (exact) mass is 932 g/mol. The van der Waals surface area contributed by atoms with Gasteiger partial charge in [0.1, 0.15) is 0 Å². The molecule has 2 unspecified atom stereocenters. The van der Waals surface area contributed by atoms with E-state index in [2.05, 4.69) is 31.3 Å². The minimum absolute atomic E-state index is 0.0169. The molecule has 0 heterocycles.